The van der Waals surface area contributed by atoms with E-state index in [0.29, 0.717) is 27.9 Å². The minimum Gasteiger partial charge on any atom is -0.459 e. The van der Waals surface area contributed by atoms with E-state index in [1.807, 2.05) is 0 Å². The molecule has 2 aromatic heterocycles. The zero-order chi connectivity index (χ0) is 22.0. The van der Waals surface area contributed by atoms with Crippen LogP contribution in [-0.2, 0) is 27.1 Å². The smallest absolute Gasteiger partial charge is 0.344 e. The van der Waals surface area contributed by atoms with Gasteiger partial charge in [-0.1, -0.05) is 12.1 Å². The molecule has 1 aliphatic carbocycles. The maximum Gasteiger partial charge on any atom is 0.344 e. The first-order valence-electron chi connectivity index (χ1n) is 9.92. The normalized spacial score (nSPS) is 15.6. The summed E-state index contributed by atoms with van der Waals surface area (Å²) in [7, 11) is 0. The summed E-state index contributed by atoms with van der Waals surface area (Å²) in [6.45, 7) is 8.47. The van der Waals surface area contributed by atoms with Crippen LogP contribution in [0.5, 0.6) is 0 Å². The number of thiophene rings is 1. The molecular formula is C21H26N2O6S. The van der Waals surface area contributed by atoms with Crippen molar-refractivity contribution in [2.24, 2.45) is 5.92 Å². The van der Waals surface area contributed by atoms with Gasteiger partial charge in [0.1, 0.15) is 16.3 Å². The van der Waals surface area contributed by atoms with Crippen molar-refractivity contribution in [3.63, 3.8) is 0 Å². The third-order valence-corrected chi connectivity index (χ3v) is 6.05. The molecule has 0 aliphatic heterocycles. The number of esters is 2. The van der Waals surface area contributed by atoms with Gasteiger partial charge in [0.15, 0.2) is 6.61 Å². The SMILES string of the molecule is Cc1noc(C)c1C(=O)OCC(=O)Nc1sc2c(c1C(=O)OC(C)C)CCC(C)C2. The van der Waals surface area contributed by atoms with E-state index in [0.717, 1.165) is 29.7 Å². The van der Waals surface area contributed by atoms with Gasteiger partial charge in [-0.15, -0.1) is 11.3 Å². The number of hydrogen-bond donors (Lipinski definition) is 1. The summed E-state index contributed by atoms with van der Waals surface area (Å²) in [5.41, 5.74) is 1.98. The van der Waals surface area contributed by atoms with Crippen molar-refractivity contribution in [3.05, 3.63) is 33.0 Å². The lowest BCUT2D eigenvalue weighted by Crippen LogP contribution is -2.23. The quantitative estimate of drug-likeness (QED) is 0.688. The molecule has 0 saturated carbocycles. The Labute approximate surface area is 178 Å². The number of fused-ring (bicyclic) bond motifs is 1. The Morgan fingerprint density at radius 3 is 2.60 bits per heavy atom. The minimum absolute atomic E-state index is 0.213. The Bertz CT molecular complexity index is 955. The first kappa shape index (κ1) is 22.0. The van der Waals surface area contributed by atoms with E-state index in [9.17, 15) is 14.4 Å². The van der Waals surface area contributed by atoms with E-state index in [1.54, 1.807) is 27.7 Å². The molecule has 2 heterocycles. The van der Waals surface area contributed by atoms with Gasteiger partial charge in [0.2, 0.25) is 0 Å². The lowest BCUT2D eigenvalue weighted by atomic mass is 9.88. The predicted molar refractivity (Wildman–Crippen MR) is 111 cm³/mol. The Kier molecular flexibility index (Phi) is 6.60. The van der Waals surface area contributed by atoms with Crippen molar-refractivity contribution in [2.75, 3.05) is 11.9 Å². The van der Waals surface area contributed by atoms with E-state index < -0.39 is 24.5 Å². The summed E-state index contributed by atoms with van der Waals surface area (Å²) in [6.07, 6.45) is 2.34. The van der Waals surface area contributed by atoms with Gasteiger partial charge in [-0.25, -0.2) is 9.59 Å². The number of carbonyl (C=O) groups excluding carboxylic acids is 3. The maximum atomic E-state index is 12.7. The van der Waals surface area contributed by atoms with E-state index >= 15 is 0 Å². The van der Waals surface area contributed by atoms with Gasteiger partial charge < -0.3 is 19.3 Å². The lowest BCUT2D eigenvalue weighted by molar-refractivity contribution is -0.119. The average Bonchev–Trinajstić information content (AvgIpc) is 3.17. The fourth-order valence-corrected chi connectivity index (χ4v) is 4.88. The predicted octanol–water partition coefficient (Wildman–Crippen LogP) is 3.84. The highest BCUT2D eigenvalue weighted by atomic mass is 32.1. The molecule has 0 spiro atoms. The molecule has 2 aromatic rings. The third kappa shape index (κ3) is 4.72. The van der Waals surface area contributed by atoms with Crippen LogP contribution in [0.15, 0.2) is 4.52 Å². The zero-order valence-electron chi connectivity index (χ0n) is 17.8. The van der Waals surface area contributed by atoms with Crippen LogP contribution in [0.2, 0.25) is 0 Å². The van der Waals surface area contributed by atoms with Crippen LogP contribution >= 0.6 is 11.3 Å². The van der Waals surface area contributed by atoms with Gasteiger partial charge in [0, 0.05) is 4.88 Å². The topological polar surface area (TPSA) is 108 Å². The van der Waals surface area contributed by atoms with Crippen molar-refractivity contribution in [3.8, 4) is 0 Å². The van der Waals surface area contributed by atoms with Crippen LogP contribution in [0.25, 0.3) is 0 Å². The van der Waals surface area contributed by atoms with E-state index in [4.69, 9.17) is 14.0 Å². The van der Waals surface area contributed by atoms with Crippen molar-refractivity contribution in [1.29, 1.82) is 0 Å². The molecule has 1 atom stereocenters. The van der Waals surface area contributed by atoms with Gasteiger partial charge in [-0.2, -0.15) is 0 Å². The minimum atomic E-state index is -0.680. The molecule has 0 saturated heterocycles. The van der Waals surface area contributed by atoms with Gasteiger partial charge in [0.05, 0.1) is 17.4 Å². The largest absolute Gasteiger partial charge is 0.459 e. The van der Waals surface area contributed by atoms with Crippen molar-refractivity contribution < 1.29 is 28.4 Å². The molecule has 0 radical (unpaired) electrons. The standard InChI is InChI=1S/C21H26N2O6S/c1-10(2)28-21(26)18-14-7-6-11(3)8-15(14)30-19(18)22-16(24)9-27-20(25)17-12(4)23-29-13(17)5/h10-11H,6-9H2,1-5H3,(H,22,24). The fraction of sp³-hybridized carbons (Fsp3) is 0.524. The highest BCUT2D eigenvalue weighted by Crippen LogP contribution is 2.40. The Morgan fingerprint density at radius 1 is 1.23 bits per heavy atom. The molecule has 0 aromatic carbocycles. The first-order chi connectivity index (χ1) is 14.2. The highest BCUT2D eigenvalue weighted by molar-refractivity contribution is 7.17. The van der Waals surface area contributed by atoms with Gasteiger partial charge in [-0.05, 0) is 58.4 Å². The highest BCUT2D eigenvalue weighted by Gasteiger charge is 2.30. The Balaban J connectivity index is 1.74. The van der Waals surface area contributed by atoms with Crippen molar-refractivity contribution in [2.45, 2.75) is 60.0 Å². The number of aromatic nitrogens is 1. The number of ether oxygens (including phenoxy) is 2. The monoisotopic (exact) mass is 434 g/mol. The number of rotatable bonds is 6. The number of hydrogen-bond acceptors (Lipinski definition) is 8. The summed E-state index contributed by atoms with van der Waals surface area (Å²) in [4.78, 5) is 38.5. The second-order valence-electron chi connectivity index (χ2n) is 7.83. The van der Waals surface area contributed by atoms with Crippen LogP contribution < -0.4 is 5.32 Å². The molecule has 30 heavy (non-hydrogen) atoms. The van der Waals surface area contributed by atoms with Crippen LogP contribution in [0.4, 0.5) is 5.00 Å². The summed E-state index contributed by atoms with van der Waals surface area (Å²) in [5, 5.41) is 6.88. The molecule has 1 N–H and O–H groups in total. The lowest BCUT2D eigenvalue weighted by Gasteiger charge is -2.18. The molecule has 162 valence electrons. The number of nitrogens with one attached hydrogen (secondary N) is 1. The molecule has 0 bridgehead atoms. The number of aryl methyl sites for hydroxylation is 2. The summed E-state index contributed by atoms with van der Waals surface area (Å²) < 4.78 is 15.4. The Hall–Kier alpha value is -2.68. The molecule has 8 nitrogen and oxygen atoms in total. The van der Waals surface area contributed by atoms with Crippen LogP contribution in [-0.4, -0.2) is 35.7 Å². The second-order valence-corrected chi connectivity index (χ2v) is 8.94. The molecule has 9 heteroatoms. The zero-order valence-corrected chi connectivity index (χ0v) is 18.6. The van der Waals surface area contributed by atoms with Crippen LogP contribution in [0.1, 0.15) is 69.8 Å². The van der Waals surface area contributed by atoms with E-state index in [2.05, 4.69) is 17.4 Å². The molecule has 1 aliphatic rings. The molecular weight excluding hydrogens is 408 g/mol. The average molecular weight is 435 g/mol. The molecule has 3 rings (SSSR count). The van der Waals surface area contributed by atoms with Crippen LogP contribution in [0, 0.1) is 19.8 Å². The number of nitrogens with zero attached hydrogens (tertiary/aromatic N) is 1. The summed E-state index contributed by atoms with van der Waals surface area (Å²) in [6, 6.07) is 0. The summed E-state index contributed by atoms with van der Waals surface area (Å²) in [5.74, 6) is -0.804. The maximum absolute atomic E-state index is 12.7. The second kappa shape index (κ2) is 8.99. The summed E-state index contributed by atoms with van der Waals surface area (Å²) >= 11 is 1.39. The van der Waals surface area contributed by atoms with Crippen molar-refractivity contribution in [1.82, 2.24) is 5.16 Å². The van der Waals surface area contributed by atoms with Gasteiger partial charge >= 0.3 is 11.9 Å². The molecule has 1 amide bonds. The number of carbonyl (C=O) groups is 3. The van der Waals surface area contributed by atoms with Crippen LogP contribution in [0.3, 0.4) is 0 Å². The van der Waals surface area contributed by atoms with Crippen molar-refractivity contribution >= 4 is 34.2 Å². The molecule has 0 fully saturated rings. The van der Waals surface area contributed by atoms with E-state index in [1.165, 1.54) is 11.3 Å². The number of amides is 1. The Morgan fingerprint density at radius 2 is 1.97 bits per heavy atom. The van der Waals surface area contributed by atoms with Gasteiger partial charge in [-0.3, -0.25) is 4.79 Å². The fourth-order valence-electron chi connectivity index (χ4n) is 3.47. The van der Waals surface area contributed by atoms with Gasteiger partial charge in [0.25, 0.3) is 5.91 Å². The first-order valence-corrected chi connectivity index (χ1v) is 10.7. The van der Waals surface area contributed by atoms with E-state index in [-0.39, 0.29) is 11.7 Å². The number of anilines is 1. The third-order valence-electron chi connectivity index (χ3n) is 4.88. The molecule has 1 unspecified atom stereocenters.